The summed E-state index contributed by atoms with van der Waals surface area (Å²) < 4.78 is 5.19. The van der Waals surface area contributed by atoms with Crippen LogP contribution in [-0.2, 0) is 13.1 Å². The zero-order valence-electron chi connectivity index (χ0n) is 10.7. The Bertz CT molecular complexity index is 517. The Hall–Kier alpha value is -1.22. The topological polar surface area (TPSA) is 21.3 Å². The van der Waals surface area contributed by atoms with E-state index in [0.717, 1.165) is 29.4 Å². The van der Waals surface area contributed by atoms with Crippen molar-refractivity contribution >= 4 is 24.0 Å². The first-order valence-electron chi connectivity index (χ1n) is 5.86. The average Bonchev–Trinajstić information content (AvgIpc) is 2.41. The van der Waals surface area contributed by atoms with Gasteiger partial charge in [0.05, 0.1) is 7.11 Å². The molecule has 0 aliphatic rings. The summed E-state index contributed by atoms with van der Waals surface area (Å²) in [5, 5.41) is 4.17. The van der Waals surface area contributed by atoms with Gasteiger partial charge in [0.15, 0.2) is 0 Å². The van der Waals surface area contributed by atoms with Gasteiger partial charge in [-0.2, -0.15) is 0 Å². The van der Waals surface area contributed by atoms with Crippen LogP contribution in [0.2, 0.25) is 5.02 Å². The number of ether oxygens (including phenoxy) is 1. The molecule has 1 N–H and O–H groups in total. The SMILES string of the molecule is COc1cccc(CNCc2ccccc2Cl)c1.Cl. The lowest BCUT2D eigenvalue weighted by Crippen LogP contribution is -2.12. The van der Waals surface area contributed by atoms with E-state index >= 15 is 0 Å². The van der Waals surface area contributed by atoms with Crippen molar-refractivity contribution in [3.8, 4) is 5.75 Å². The van der Waals surface area contributed by atoms with Crippen molar-refractivity contribution in [2.75, 3.05) is 7.11 Å². The van der Waals surface area contributed by atoms with Gasteiger partial charge in [-0.15, -0.1) is 12.4 Å². The van der Waals surface area contributed by atoms with E-state index in [1.807, 2.05) is 42.5 Å². The van der Waals surface area contributed by atoms with Crippen LogP contribution in [0.25, 0.3) is 0 Å². The molecule has 2 nitrogen and oxygen atoms in total. The summed E-state index contributed by atoms with van der Waals surface area (Å²) in [5.74, 6) is 0.882. The number of methoxy groups -OCH3 is 1. The van der Waals surface area contributed by atoms with Crippen LogP contribution in [-0.4, -0.2) is 7.11 Å². The second kappa shape index (κ2) is 8.05. The van der Waals surface area contributed by atoms with Gasteiger partial charge in [-0.1, -0.05) is 41.9 Å². The van der Waals surface area contributed by atoms with E-state index in [1.54, 1.807) is 7.11 Å². The zero-order chi connectivity index (χ0) is 12.8. The van der Waals surface area contributed by atoms with Crippen LogP contribution < -0.4 is 10.1 Å². The second-order valence-electron chi connectivity index (χ2n) is 4.05. The van der Waals surface area contributed by atoms with Gasteiger partial charge in [0.25, 0.3) is 0 Å². The number of hydrogen-bond donors (Lipinski definition) is 1. The first-order chi connectivity index (χ1) is 8.79. The maximum absolute atomic E-state index is 6.09. The quantitative estimate of drug-likeness (QED) is 0.898. The molecule has 0 radical (unpaired) electrons. The molecule has 2 aromatic rings. The Kier molecular flexibility index (Phi) is 6.71. The molecule has 0 aliphatic heterocycles. The smallest absolute Gasteiger partial charge is 0.119 e. The molecule has 102 valence electrons. The second-order valence-corrected chi connectivity index (χ2v) is 4.45. The Labute approximate surface area is 125 Å². The van der Waals surface area contributed by atoms with Crippen LogP contribution in [0.5, 0.6) is 5.75 Å². The van der Waals surface area contributed by atoms with Gasteiger partial charge >= 0.3 is 0 Å². The van der Waals surface area contributed by atoms with E-state index in [9.17, 15) is 0 Å². The molecule has 0 bridgehead atoms. The minimum absolute atomic E-state index is 0. The van der Waals surface area contributed by atoms with E-state index in [4.69, 9.17) is 16.3 Å². The van der Waals surface area contributed by atoms with E-state index in [1.165, 1.54) is 5.56 Å². The van der Waals surface area contributed by atoms with Crippen LogP contribution in [0.15, 0.2) is 48.5 Å². The van der Waals surface area contributed by atoms with Gasteiger partial charge in [-0.3, -0.25) is 0 Å². The molecule has 4 heteroatoms. The zero-order valence-corrected chi connectivity index (χ0v) is 12.3. The van der Waals surface area contributed by atoms with Crippen molar-refractivity contribution in [3.63, 3.8) is 0 Å². The van der Waals surface area contributed by atoms with Gasteiger partial charge in [0.2, 0.25) is 0 Å². The lowest BCUT2D eigenvalue weighted by atomic mass is 10.2. The third kappa shape index (κ3) is 4.75. The van der Waals surface area contributed by atoms with Gasteiger partial charge in [-0.05, 0) is 29.3 Å². The number of nitrogens with one attached hydrogen (secondary N) is 1. The monoisotopic (exact) mass is 297 g/mol. The van der Waals surface area contributed by atoms with Gasteiger partial charge in [0.1, 0.15) is 5.75 Å². The standard InChI is InChI=1S/C15H16ClNO.ClH/c1-18-14-7-4-5-12(9-14)10-17-11-13-6-2-3-8-15(13)16;/h2-9,17H,10-11H2,1H3;1H. The molecule has 0 unspecified atom stereocenters. The van der Waals surface area contributed by atoms with E-state index < -0.39 is 0 Å². The van der Waals surface area contributed by atoms with Gasteiger partial charge in [-0.25, -0.2) is 0 Å². The summed E-state index contributed by atoms with van der Waals surface area (Å²) in [6.07, 6.45) is 0. The normalized spacial score (nSPS) is 9.79. The van der Waals surface area contributed by atoms with Crippen LogP contribution in [0.3, 0.4) is 0 Å². The Morgan fingerprint density at radius 1 is 1.05 bits per heavy atom. The lowest BCUT2D eigenvalue weighted by molar-refractivity contribution is 0.414. The molecular weight excluding hydrogens is 281 g/mol. The maximum Gasteiger partial charge on any atom is 0.119 e. The van der Waals surface area contributed by atoms with Crippen molar-refractivity contribution in [2.45, 2.75) is 13.1 Å². The molecule has 0 aromatic heterocycles. The first-order valence-corrected chi connectivity index (χ1v) is 6.24. The van der Waals surface area contributed by atoms with Crippen molar-refractivity contribution < 1.29 is 4.74 Å². The molecule has 0 aliphatic carbocycles. The van der Waals surface area contributed by atoms with E-state index in [0.29, 0.717) is 0 Å². The molecular formula is C15H17Cl2NO. The third-order valence-electron chi connectivity index (χ3n) is 2.74. The summed E-state index contributed by atoms with van der Waals surface area (Å²) in [6, 6.07) is 15.9. The highest BCUT2D eigenvalue weighted by atomic mass is 35.5. The maximum atomic E-state index is 6.09. The molecule has 0 fully saturated rings. The fourth-order valence-electron chi connectivity index (χ4n) is 1.77. The third-order valence-corrected chi connectivity index (χ3v) is 3.11. The summed E-state index contributed by atoms with van der Waals surface area (Å²) in [4.78, 5) is 0. The van der Waals surface area contributed by atoms with Crippen LogP contribution in [0, 0.1) is 0 Å². The minimum atomic E-state index is 0. The Balaban J connectivity index is 0.00000180. The number of hydrogen-bond acceptors (Lipinski definition) is 2. The average molecular weight is 298 g/mol. The predicted molar refractivity (Wildman–Crippen MR) is 82.2 cm³/mol. The highest BCUT2D eigenvalue weighted by Crippen LogP contribution is 2.15. The van der Waals surface area contributed by atoms with Crippen LogP contribution >= 0.6 is 24.0 Å². The molecule has 2 rings (SSSR count). The largest absolute Gasteiger partial charge is 0.497 e. The van der Waals surface area contributed by atoms with Gasteiger partial charge in [0, 0.05) is 18.1 Å². The highest BCUT2D eigenvalue weighted by Gasteiger charge is 1.99. The molecule has 0 amide bonds. The molecule has 0 heterocycles. The molecule has 2 aromatic carbocycles. The fourth-order valence-corrected chi connectivity index (χ4v) is 1.97. The van der Waals surface area contributed by atoms with Crippen molar-refractivity contribution in [1.82, 2.24) is 5.32 Å². The molecule has 19 heavy (non-hydrogen) atoms. The van der Waals surface area contributed by atoms with Gasteiger partial charge < -0.3 is 10.1 Å². The van der Waals surface area contributed by atoms with Crippen molar-refractivity contribution in [3.05, 3.63) is 64.7 Å². The first kappa shape index (κ1) is 15.8. The van der Waals surface area contributed by atoms with Crippen LogP contribution in [0.1, 0.15) is 11.1 Å². The van der Waals surface area contributed by atoms with E-state index in [2.05, 4.69) is 11.4 Å². The predicted octanol–water partition coefficient (Wildman–Crippen LogP) is 4.06. The summed E-state index contributed by atoms with van der Waals surface area (Å²) in [5.41, 5.74) is 2.31. The molecule has 0 atom stereocenters. The Morgan fingerprint density at radius 2 is 1.84 bits per heavy atom. The van der Waals surface area contributed by atoms with Crippen molar-refractivity contribution in [1.29, 1.82) is 0 Å². The molecule has 0 saturated carbocycles. The molecule has 0 spiro atoms. The summed E-state index contributed by atoms with van der Waals surface area (Å²) >= 11 is 6.09. The summed E-state index contributed by atoms with van der Waals surface area (Å²) in [7, 11) is 1.68. The number of rotatable bonds is 5. The molecule has 0 saturated heterocycles. The fraction of sp³-hybridized carbons (Fsp3) is 0.200. The lowest BCUT2D eigenvalue weighted by Gasteiger charge is -2.08. The van der Waals surface area contributed by atoms with E-state index in [-0.39, 0.29) is 12.4 Å². The summed E-state index contributed by atoms with van der Waals surface area (Å²) in [6.45, 7) is 1.55. The minimum Gasteiger partial charge on any atom is -0.497 e. The number of halogens is 2. The van der Waals surface area contributed by atoms with Crippen LogP contribution in [0.4, 0.5) is 0 Å². The Morgan fingerprint density at radius 3 is 2.58 bits per heavy atom. The van der Waals surface area contributed by atoms with Crippen molar-refractivity contribution in [2.24, 2.45) is 0 Å². The number of benzene rings is 2. The highest BCUT2D eigenvalue weighted by molar-refractivity contribution is 6.31.